The number of aliphatic hydroxyl groups is 1. The summed E-state index contributed by atoms with van der Waals surface area (Å²) in [5.41, 5.74) is 1.83. The molecule has 0 saturated carbocycles. The average molecular weight is 413 g/mol. The lowest BCUT2D eigenvalue weighted by Gasteiger charge is -2.11. The number of pyridine rings is 1. The van der Waals surface area contributed by atoms with Crippen LogP contribution in [0.1, 0.15) is 17.4 Å². The maximum absolute atomic E-state index is 10.4. The first-order valence-corrected chi connectivity index (χ1v) is 8.56. The molecule has 0 aliphatic heterocycles. The minimum atomic E-state index is -0.615. The van der Waals surface area contributed by atoms with Crippen molar-refractivity contribution in [3.05, 3.63) is 62.1 Å². The zero-order valence-corrected chi connectivity index (χ0v) is 14.4. The number of aromatic nitrogens is 1. The lowest BCUT2D eigenvalue weighted by Crippen LogP contribution is -2.04. The van der Waals surface area contributed by atoms with E-state index in [4.69, 9.17) is 0 Å². The minimum absolute atomic E-state index is 0.567. The van der Waals surface area contributed by atoms with Crippen LogP contribution < -0.4 is 0 Å². The molecule has 5 heteroatoms. The van der Waals surface area contributed by atoms with Crippen molar-refractivity contribution in [3.8, 4) is 0 Å². The van der Waals surface area contributed by atoms with Gasteiger partial charge in [0.1, 0.15) is 6.10 Å². The standard InChI is InChI=1S/C15H11Br2NOS/c16-10-6-12(17)15(18-7-10)13(19)5-9-8-20-14-4-2-1-3-11(9)14/h1-4,6-8,13,19H,5H2. The zero-order chi connectivity index (χ0) is 14.1. The molecule has 2 nitrogen and oxygen atoms in total. The van der Waals surface area contributed by atoms with Gasteiger partial charge in [0.05, 0.1) is 5.69 Å². The second-order valence-corrected chi connectivity index (χ2v) is 7.18. The lowest BCUT2D eigenvalue weighted by molar-refractivity contribution is 0.173. The van der Waals surface area contributed by atoms with E-state index in [2.05, 4.69) is 54.4 Å². The van der Waals surface area contributed by atoms with Crippen LogP contribution >= 0.6 is 43.2 Å². The van der Waals surface area contributed by atoms with Crippen molar-refractivity contribution in [1.82, 2.24) is 4.98 Å². The van der Waals surface area contributed by atoms with Crippen molar-refractivity contribution in [2.24, 2.45) is 0 Å². The monoisotopic (exact) mass is 411 g/mol. The fourth-order valence-electron chi connectivity index (χ4n) is 2.17. The molecule has 0 fully saturated rings. The SMILES string of the molecule is OC(Cc1csc2ccccc12)c1ncc(Br)cc1Br. The molecule has 0 spiro atoms. The van der Waals surface area contributed by atoms with E-state index in [1.165, 1.54) is 10.1 Å². The Labute approximate surface area is 137 Å². The number of aliphatic hydroxyl groups excluding tert-OH is 1. The maximum Gasteiger partial charge on any atom is 0.101 e. The Hall–Kier alpha value is -0.750. The highest BCUT2D eigenvalue weighted by Crippen LogP contribution is 2.31. The van der Waals surface area contributed by atoms with Crippen LogP contribution in [-0.2, 0) is 6.42 Å². The van der Waals surface area contributed by atoms with Crippen LogP contribution in [0.5, 0.6) is 0 Å². The van der Waals surface area contributed by atoms with Crippen LogP contribution in [0.3, 0.4) is 0 Å². The van der Waals surface area contributed by atoms with Gasteiger partial charge in [-0.25, -0.2) is 0 Å². The molecule has 3 aromatic rings. The Bertz CT molecular complexity index is 756. The van der Waals surface area contributed by atoms with Crippen molar-refractivity contribution in [3.63, 3.8) is 0 Å². The smallest absolute Gasteiger partial charge is 0.101 e. The normalized spacial score (nSPS) is 12.8. The van der Waals surface area contributed by atoms with Gasteiger partial charge in [-0.1, -0.05) is 18.2 Å². The number of rotatable bonds is 3. The Morgan fingerprint density at radius 3 is 2.85 bits per heavy atom. The molecule has 0 amide bonds. The van der Waals surface area contributed by atoms with Crippen molar-refractivity contribution in [1.29, 1.82) is 0 Å². The predicted octanol–water partition coefficient (Wildman–Crippen LogP) is 5.10. The summed E-state index contributed by atoms with van der Waals surface area (Å²) in [5.74, 6) is 0. The summed E-state index contributed by atoms with van der Waals surface area (Å²) in [6, 6.07) is 10.2. The summed E-state index contributed by atoms with van der Waals surface area (Å²) < 4.78 is 2.96. The van der Waals surface area contributed by atoms with Crippen molar-refractivity contribution >= 4 is 53.3 Å². The molecule has 1 N–H and O–H groups in total. The largest absolute Gasteiger partial charge is 0.386 e. The number of hydrogen-bond acceptors (Lipinski definition) is 3. The van der Waals surface area contributed by atoms with E-state index in [0.29, 0.717) is 12.1 Å². The summed E-state index contributed by atoms with van der Waals surface area (Å²) in [4.78, 5) is 4.30. The molecule has 2 heterocycles. The van der Waals surface area contributed by atoms with Crippen LogP contribution in [-0.4, -0.2) is 10.1 Å². The second kappa shape index (κ2) is 5.93. The summed E-state index contributed by atoms with van der Waals surface area (Å²) in [6.07, 6.45) is 1.65. The van der Waals surface area contributed by atoms with Gasteiger partial charge < -0.3 is 5.11 Å². The summed E-state index contributed by atoms with van der Waals surface area (Å²) in [7, 11) is 0. The Kier molecular flexibility index (Phi) is 4.21. The number of nitrogens with zero attached hydrogens (tertiary/aromatic N) is 1. The van der Waals surface area contributed by atoms with Gasteiger partial charge in [-0.3, -0.25) is 4.98 Å². The first-order valence-electron chi connectivity index (χ1n) is 6.09. The third-order valence-corrected chi connectivity index (χ3v) is 5.21. The van der Waals surface area contributed by atoms with E-state index < -0.39 is 6.10 Å². The van der Waals surface area contributed by atoms with Crippen molar-refractivity contribution in [2.75, 3.05) is 0 Å². The van der Waals surface area contributed by atoms with Gasteiger partial charge in [-0.2, -0.15) is 0 Å². The quantitative estimate of drug-likeness (QED) is 0.649. The topological polar surface area (TPSA) is 33.1 Å². The minimum Gasteiger partial charge on any atom is -0.386 e. The van der Waals surface area contributed by atoms with Gasteiger partial charge in [0.2, 0.25) is 0 Å². The molecule has 0 aliphatic rings. The summed E-state index contributed by atoms with van der Waals surface area (Å²) >= 11 is 8.52. The van der Waals surface area contributed by atoms with E-state index in [-0.39, 0.29) is 0 Å². The predicted molar refractivity (Wildman–Crippen MR) is 90.1 cm³/mol. The zero-order valence-electron chi connectivity index (χ0n) is 10.4. The molecule has 102 valence electrons. The van der Waals surface area contributed by atoms with Crippen LogP contribution in [0.15, 0.2) is 50.9 Å². The van der Waals surface area contributed by atoms with E-state index in [0.717, 1.165) is 14.5 Å². The first-order chi connectivity index (χ1) is 9.65. The Balaban J connectivity index is 1.90. The van der Waals surface area contributed by atoms with Crippen molar-refractivity contribution in [2.45, 2.75) is 12.5 Å². The average Bonchev–Trinajstić information content (AvgIpc) is 2.82. The number of thiophene rings is 1. The molecule has 0 bridgehead atoms. The summed E-state index contributed by atoms with van der Waals surface area (Å²) in [6.45, 7) is 0. The van der Waals surface area contributed by atoms with E-state index in [1.807, 2.05) is 18.2 Å². The molecule has 20 heavy (non-hydrogen) atoms. The first kappa shape index (κ1) is 14.2. The maximum atomic E-state index is 10.4. The molecule has 1 aromatic carbocycles. The molecule has 3 rings (SSSR count). The highest BCUT2D eigenvalue weighted by atomic mass is 79.9. The van der Waals surface area contributed by atoms with Gasteiger partial charge in [0.15, 0.2) is 0 Å². The van der Waals surface area contributed by atoms with Gasteiger partial charge >= 0.3 is 0 Å². The molecule has 2 aromatic heterocycles. The van der Waals surface area contributed by atoms with Crippen LogP contribution in [0, 0.1) is 0 Å². The van der Waals surface area contributed by atoms with E-state index in [1.54, 1.807) is 17.5 Å². The third kappa shape index (κ3) is 2.81. The molecule has 0 aliphatic carbocycles. The molecule has 1 atom stereocenters. The fourth-order valence-corrected chi connectivity index (χ4v) is 4.39. The number of halogens is 2. The lowest BCUT2D eigenvalue weighted by atomic mass is 10.0. The number of hydrogen-bond donors (Lipinski definition) is 1. The molecular weight excluding hydrogens is 402 g/mol. The van der Waals surface area contributed by atoms with Gasteiger partial charge in [0.25, 0.3) is 0 Å². The Morgan fingerprint density at radius 2 is 2.05 bits per heavy atom. The number of fused-ring (bicyclic) bond motifs is 1. The summed E-state index contributed by atoms with van der Waals surface area (Å²) in [5, 5.41) is 13.7. The van der Waals surface area contributed by atoms with Crippen molar-refractivity contribution < 1.29 is 5.11 Å². The van der Waals surface area contributed by atoms with E-state index >= 15 is 0 Å². The van der Waals surface area contributed by atoms with Crippen LogP contribution in [0.2, 0.25) is 0 Å². The molecular formula is C15H11Br2NOS. The van der Waals surface area contributed by atoms with Crippen LogP contribution in [0.4, 0.5) is 0 Å². The second-order valence-electron chi connectivity index (χ2n) is 4.50. The highest BCUT2D eigenvalue weighted by Gasteiger charge is 2.16. The molecule has 1 unspecified atom stereocenters. The van der Waals surface area contributed by atoms with Crippen LogP contribution in [0.25, 0.3) is 10.1 Å². The number of benzene rings is 1. The molecule has 0 saturated heterocycles. The van der Waals surface area contributed by atoms with Gasteiger partial charge in [0, 0.05) is 26.3 Å². The highest BCUT2D eigenvalue weighted by molar-refractivity contribution is 9.11. The van der Waals surface area contributed by atoms with E-state index in [9.17, 15) is 5.11 Å². The third-order valence-electron chi connectivity index (χ3n) is 3.13. The van der Waals surface area contributed by atoms with Gasteiger partial charge in [-0.15, -0.1) is 11.3 Å². The Morgan fingerprint density at radius 1 is 1.25 bits per heavy atom. The van der Waals surface area contributed by atoms with Gasteiger partial charge in [-0.05, 0) is 60.3 Å². The fraction of sp³-hybridized carbons (Fsp3) is 0.133. The molecule has 0 radical (unpaired) electrons.